The molecule has 1 aromatic carbocycles. The molecule has 9 nitrogen and oxygen atoms in total. The van der Waals surface area contributed by atoms with E-state index in [1.54, 1.807) is 10.9 Å². The molecule has 3 aromatic heterocycles. The van der Waals surface area contributed by atoms with Gasteiger partial charge in [-0.05, 0) is 46.7 Å². The second-order valence-electron chi connectivity index (χ2n) is 5.63. The maximum Gasteiger partial charge on any atom is 0.222 e. The average Bonchev–Trinajstić information content (AvgIpc) is 3.17. The largest absolute Gasteiger partial charge is 0.399 e. The maximum atomic E-state index is 5.90. The lowest BCUT2D eigenvalue weighted by atomic mass is 10.1. The summed E-state index contributed by atoms with van der Waals surface area (Å²) >= 11 is 2.17. The van der Waals surface area contributed by atoms with Crippen LogP contribution in [0.4, 0.5) is 11.6 Å². The van der Waals surface area contributed by atoms with Crippen LogP contribution in [-0.4, -0.2) is 35.2 Å². The van der Waals surface area contributed by atoms with Crippen LogP contribution in [0.1, 0.15) is 11.1 Å². The Kier molecular flexibility index (Phi) is 3.75. The second-order valence-corrected chi connectivity index (χ2v) is 6.80. The van der Waals surface area contributed by atoms with E-state index in [-0.39, 0.29) is 5.95 Å². The third-order valence-corrected chi connectivity index (χ3v) is 4.69. The zero-order valence-corrected chi connectivity index (χ0v) is 15.4. The van der Waals surface area contributed by atoms with E-state index in [4.69, 9.17) is 11.5 Å². The fourth-order valence-corrected chi connectivity index (χ4v) is 3.12. The number of halogens is 1. The molecule has 0 aliphatic carbocycles. The topological polar surface area (TPSA) is 137 Å². The molecule has 0 aliphatic heterocycles. The number of anilines is 2. The molecule has 0 atom stereocenters. The Morgan fingerprint density at radius 3 is 2.80 bits per heavy atom. The standard InChI is InChI=1S/C15H14IN9/c1-7-4-8(2-3-10(7)17)6-25-14-13(23-24-25)12(20-15(18)21-14)11-9(16)5-19-22-11/h2-5H,6,17H2,1H3,(H,19,22)(H2,18,20,21). The molecule has 0 amide bonds. The summed E-state index contributed by atoms with van der Waals surface area (Å²) in [4.78, 5) is 8.62. The van der Waals surface area contributed by atoms with Crippen LogP contribution >= 0.6 is 22.6 Å². The van der Waals surface area contributed by atoms with Crippen molar-refractivity contribution in [3.63, 3.8) is 0 Å². The molecule has 0 radical (unpaired) electrons. The minimum absolute atomic E-state index is 0.157. The van der Waals surface area contributed by atoms with Crippen LogP contribution in [-0.2, 0) is 6.54 Å². The van der Waals surface area contributed by atoms with Gasteiger partial charge in [-0.25, -0.2) is 9.67 Å². The van der Waals surface area contributed by atoms with Crippen molar-refractivity contribution in [3.8, 4) is 11.4 Å². The van der Waals surface area contributed by atoms with E-state index in [1.807, 2.05) is 25.1 Å². The predicted molar refractivity (Wildman–Crippen MR) is 103 cm³/mol. The normalized spacial score (nSPS) is 11.3. The van der Waals surface area contributed by atoms with E-state index in [0.29, 0.717) is 23.4 Å². The number of aryl methyl sites for hydroxylation is 1. The fraction of sp³-hybridized carbons (Fsp3) is 0.133. The number of nitrogens with zero attached hydrogens (tertiary/aromatic N) is 6. The highest BCUT2D eigenvalue weighted by Gasteiger charge is 2.18. The van der Waals surface area contributed by atoms with Crippen LogP contribution < -0.4 is 11.5 Å². The lowest BCUT2D eigenvalue weighted by Crippen LogP contribution is -2.06. The molecule has 0 spiro atoms. The van der Waals surface area contributed by atoms with Gasteiger partial charge in [-0.1, -0.05) is 17.3 Å². The van der Waals surface area contributed by atoms with Crippen molar-refractivity contribution in [1.82, 2.24) is 35.2 Å². The maximum absolute atomic E-state index is 5.90. The second kappa shape index (κ2) is 5.95. The molecular weight excluding hydrogens is 433 g/mol. The Hall–Kier alpha value is -2.76. The number of nitrogens with two attached hydrogens (primary N) is 2. The number of hydrogen-bond acceptors (Lipinski definition) is 7. The first-order valence-corrected chi connectivity index (χ1v) is 8.52. The van der Waals surface area contributed by atoms with E-state index >= 15 is 0 Å². The van der Waals surface area contributed by atoms with Gasteiger partial charge in [-0.2, -0.15) is 10.1 Å². The summed E-state index contributed by atoms with van der Waals surface area (Å²) in [6.45, 7) is 2.48. The highest BCUT2D eigenvalue weighted by molar-refractivity contribution is 14.1. The van der Waals surface area contributed by atoms with Gasteiger partial charge in [0.05, 0.1) is 22.0 Å². The molecule has 4 aromatic rings. The zero-order chi connectivity index (χ0) is 17.6. The number of nitrogens with one attached hydrogen (secondary N) is 1. The van der Waals surface area contributed by atoms with Gasteiger partial charge in [0.2, 0.25) is 5.95 Å². The summed E-state index contributed by atoms with van der Waals surface area (Å²) in [7, 11) is 0. The van der Waals surface area contributed by atoms with Crippen LogP contribution in [0, 0.1) is 10.5 Å². The lowest BCUT2D eigenvalue weighted by molar-refractivity contribution is 0.664. The third kappa shape index (κ3) is 2.77. The number of aromatic amines is 1. The Bertz CT molecular complexity index is 1080. The van der Waals surface area contributed by atoms with Crippen molar-refractivity contribution in [2.24, 2.45) is 0 Å². The fourth-order valence-electron chi connectivity index (χ4n) is 2.60. The van der Waals surface area contributed by atoms with Crippen molar-refractivity contribution in [2.75, 3.05) is 11.5 Å². The van der Waals surface area contributed by atoms with Gasteiger partial charge in [0.1, 0.15) is 5.69 Å². The van der Waals surface area contributed by atoms with Gasteiger partial charge in [0.15, 0.2) is 11.2 Å². The lowest BCUT2D eigenvalue weighted by Gasteiger charge is -2.06. The monoisotopic (exact) mass is 447 g/mol. The summed E-state index contributed by atoms with van der Waals surface area (Å²) in [5.74, 6) is 0.157. The first-order chi connectivity index (χ1) is 12.0. The number of nitrogen functional groups attached to an aromatic ring is 2. The van der Waals surface area contributed by atoms with Gasteiger partial charge in [0, 0.05) is 5.69 Å². The van der Waals surface area contributed by atoms with Gasteiger partial charge < -0.3 is 11.5 Å². The summed E-state index contributed by atoms with van der Waals surface area (Å²) in [6, 6.07) is 5.86. The molecular formula is C15H14IN9. The number of fused-ring (bicyclic) bond motifs is 1. The number of hydrogen-bond donors (Lipinski definition) is 3. The highest BCUT2D eigenvalue weighted by atomic mass is 127. The summed E-state index contributed by atoms with van der Waals surface area (Å²) < 4.78 is 2.62. The van der Waals surface area contributed by atoms with Crippen LogP contribution in [0.2, 0.25) is 0 Å². The Morgan fingerprint density at radius 2 is 2.08 bits per heavy atom. The third-order valence-electron chi connectivity index (χ3n) is 3.88. The van der Waals surface area contributed by atoms with Crippen molar-refractivity contribution >= 4 is 45.4 Å². The van der Waals surface area contributed by atoms with Gasteiger partial charge >= 0.3 is 0 Å². The highest BCUT2D eigenvalue weighted by Crippen LogP contribution is 2.27. The van der Waals surface area contributed by atoms with Gasteiger partial charge in [-0.15, -0.1) is 5.10 Å². The quantitative estimate of drug-likeness (QED) is 0.321. The molecule has 126 valence electrons. The number of rotatable bonds is 3. The Labute approximate surface area is 156 Å². The molecule has 0 fully saturated rings. The molecule has 4 rings (SSSR count). The van der Waals surface area contributed by atoms with Crippen molar-refractivity contribution in [2.45, 2.75) is 13.5 Å². The molecule has 10 heteroatoms. The van der Waals surface area contributed by atoms with Gasteiger partial charge in [-0.3, -0.25) is 5.10 Å². The molecule has 0 saturated heterocycles. The number of aromatic nitrogens is 7. The van der Waals surface area contributed by atoms with Crippen LogP contribution in [0.3, 0.4) is 0 Å². The minimum atomic E-state index is 0.157. The number of H-pyrrole nitrogens is 1. The van der Waals surface area contributed by atoms with Crippen molar-refractivity contribution in [1.29, 1.82) is 0 Å². The van der Waals surface area contributed by atoms with Crippen LogP contribution in [0.5, 0.6) is 0 Å². The molecule has 0 aliphatic rings. The van der Waals surface area contributed by atoms with Crippen molar-refractivity contribution < 1.29 is 0 Å². The molecule has 3 heterocycles. The molecule has 0 bridgehead atoms. The van der Waals surface area contributed by atoms with E-state index < -0.39 is 0 Å². The summed E-state index contributed by atoms with van der Waals surface area (Å²) in [5, 5.41) is 15.4. The first kappa shape index (κ1) is 15.7. The van der Waals surface area contributed by atoms with Crippen molar-refractivity contribution in [3.05, 3.63) is 39.1 Å². The molecule has 0 saturated carbocycles. The summed E-state index contributed by atoms with van der Waals surface area (Å²) in [5.41, 5.74) is 17.1. The van der Waals surface area contributed by atoms with E-state index in [9.17, 15) is 0 Å². The Balaban J connectivity index is 1.83. The minimum Gasteiger partial charge on any atom is -0.399 e. The number of benzene rings is 1. The summed E-state index contributed by atoms with van der Waals surface area (Å²) in [6.07, 6.45) is 1.71. The smallest absolute Gasteiger partial charge is 0.222 e. The van der Waals surface area contributed by atoms with Crippen LogP contribution in [0.15, 0.2) is 24.4 Å². The predicted octanol–water partition coefficient (Wildman–Crippen LogP) is 1.74. The van der Waals surface area contributed by atoms with E-state index in [1.165, 1.54) is 0 Å². The molecule has 0 unspecified atom stereocenters. The molecule has 5 N–H and O–H groups in total. The SMILES string of the molecule is Cc1cc(Cn2nnc3c(-c4[nH]ncc4I)nc(N)nc32)ccc1N. The van der Waals surface area contributed by atoms with Crippen LogP contribution in [0.25, 0.3) is 22.6 Å². The van der Waals surface area contributed by atoms with E-state index in [0.717, 1.165) is 26.1 Å². The van der Waals surface area contributed by atoms with Gasteiger partial charge in [0.25, 0.3) is 0 Å². The first-order valence-electron chi connectivity index (χ1n) is 7.44. The zero-order valence-electron chi connectivity index (χ0n) is 13.2. The Morgan fingerprint density at radius 1 is 1.24 bits per heavy atom. The average molecular weight is 447 g/mol. The van der Waals surface area contributed by atoms with E-state index in [2.05, 4.69) is 53.1 Å². The molecule has 25 heavy (non-hydrogen) atoms.